The minimum atomic E-state index is -4.47. The lowest BCUT2D eigenvalue weighted by molar-refractivity contribution is -0.154. The number of ether oxygens (including phenoxy) is 1. The summed E-state index contributed by atoms with van der Waals surface area (Å²) < 4.78 is 41.7. The van der Waals surface area contributed by atoms with Crippen LogP contribution >= 0.6 is 0 Å². The van der Waals surface area contributed by atoms with Crippen LogP contribution in [-0.2, 0) is 6.54 Å². The molecule has 3 aromatic rings. The van der Waals surface area contributed by atoms with Crippen molar-refractivity contribution in [2.75, 3.05) is 6.61 Å². The van der Waals surface area contributed by atoms with Gasteiger partial charge in [0, 0.05) is 23.7 Å². The topological polar surface area (TPSA) is 79.9 Å². The Hall–Kier alpha value is -3.10. The number of halogens is 3. The second-order valence-electron chi connectivity index (χ2n) is 5.68. The Morgan fingerprint density at radius 2 is 2.12 bits per heavy atom. The summed E-state index contributed by atoms with van der Waals surface area (Å²) >= 11 is 0. The Morgan fingerprint density at radius 3 is 2.88 bits per heavy atom. The van der Waals surface area contributed by atoms with Gasteiger partial charge in [-0.25, -0.2) is 4.98 Å². The van der Waals surface area contributed by atoms with Gasteiger partial charge in [-0.3, -0.25) is 9.89 Å². The molecule has 136 valence electrons. The molecule has 9 heteroatoms. The van der Waals surface area contributed by atoms with E-state index in [1.807, 2.05) is 25.1 Å². The van der Waals surface area contributed by atoms with Gasteiger partial charge in [-0.15, -0.1) is 0 Å². The Balaban J connectivity index is 1.72. The molecule has 1 amide bonds. The zero-order valence-electron chi connectivity index (χ0n) is 13.7. The van der Waals surface area contributed by atoms with Crippen molar-refractivity contribution >= 4 is 16.8 Å². The van der Waals surface area contributed by atoms with Crippen LogP contribution in [0.3, 0.4) is 0 Å². The highest BCUT2D eigenvalue weighted by atomic mass is 19.4. The predicted octanol–water partition coefficient (Wildman–Crippen LogP) is 3.14. The molecular weight excluding hydrogens is 349 g/mol. The molecule has 2 aromatic heterocycles. The van der Waals surface area contributed by atoms with Crippen molar-refractivity contribution in [3.63, 3.8) is 0 Å². The first-order valence-corrected chi connectivity index (χ1v) is 7.70. The van der Waals surface area contributed by atoms with Crippen LogP contribution in [0.4, 0.5) is 13.2 Å². The number of hydrogen-bond donors (Lipinski definition) is 2. The second-order valence-corrected chi connectivity index (χ2v) is 5.68. The number of nitrogens with one attached hydrogen (secondary N) is 2. The normalized spacial score (nSPS) is 11.5. The number of hydrogen-bond acceptors (Lipinski definition) is 4. The number of pyridine rings is 1. The fourth-order valence-electron chi connectivity index (χ4n) is 2.40. The van der Waals surface area contributed by atoms with Gasteiger partial charge in [-0.05, 0) is 25.1 Å². The molecule has 0 fully saturated rings. The van der Waals surface area contributed by atoms with Crippen LogP contribution < -0.4 is 10.1 Å². The number of fused-ring (bicyclic) bond motifs is 1. The standard InChI is InChI=1S/C17H15F3N4O2/c1-10-4-5-13-12(7-10)14(24-23-13)15(25)22-8-11-3-2-6-21-16(11)26-9-17(18,19)20/h2-7H,8-9H2,1H3,(H,22,25)(H,23,24). The molecule has 0 radical (unpaired) electrons. The molecule has 0 unspecified atom stereocenters. The minimum Gasteiger partial charge on any atom is -0.468 e. The predicted molar refractivity (Wildman–Crippen MR) is 87.8 cm³/mol. The fourth-order valence-corrected chi connectivity index (χ4v) is 2.40. The van der Waals surface area contributed by atoms with Gasteiger partial charge in [-0.1, -0.05) is 17.7 Å². The summed E-state index contributed by atoms with van der Waals surface area (Å²) in [6, 6.07) is 8.62. The summed E-state index contributed by atoms with van der Waals surface area (Å²) in [7, 11) is 0. The highest BCUT2D eigenvalue weighted by Gasteiger charge is 2.29. The molecule has 2 heterocycles. The number of benzene rings is 1. The Morgan fingerprint density at radius 1 is 1.31 bits per heavy atom. The third-order valence-corrected chi connectivity index (χ3v) is 3.60. The molecule has 0 saturated carbocycles. The molecule has 0 atom stereocenters. The number of H-pyrrole nitrogens is 1. The monoisotopic (exact) mass is 364 g/mol. The van der Waals surface area contributed by atoms with Gasteiger partial charge in [0.2, 0.25) is 5.88 Å². The van der Waals surface area contributed by atoms with Crippen molar-refractivity contribution in [2.24, 2.45) is 0 Å². The van der Waals surface area contributed by atoms with E-state index in [-0.39, 0.29) is 18.1 Å². The molecule has 3 rings (SSSR count). The van der Waals surface area contributed by atoms with Crippen molar-refractivity contribution < 1.29 is 22.7 Å². The summed E-state index contributed by atoms with van der Waals surface area (Å²) in [5.41, 5.74) is 2.24. The maximum absolute atomic E-state index is 12.4. The fraction of sp³-hybridized carbons (Fsp3) is 0.235. The third-order valence-electron chi connectivity index (χ3n) is 3.60. The van der Waals surface area contributed by atoms with Crippen LogP contribution in [0.15, 0.2) is 36.5 Å². The first-order valence-electron chi connectivity index (χ1n) is 7.70. The van der Waals surface area contributed by atoms with Gasteiger partial charge in [0.25, 0.3) is 5.91 Å². The molecular formula is C17H15F3N4O2. The lowest BCUT2D eigenvalue weighted by Crippen LogP contribution is -2.25. The average molecular weight is 364 g/mol. The number of carbonyl (C=O) groups excluding carboxylic acids is 1. The second kappa shape index (κ2) is 7.03. The summed E-state index contributed by atoms with van der Waals surface area (Å²) in [5.74, 6) is -0.625. The Labute approximate surface area is 146 Å². The minimum absolute atomic E-state index is 0.0416. The molecule has 6 nitrogen and oxygen atoms in total. The molecule has 0 bridgehead atoms. The number of rotatable bonds is 5. The summed E-state index contributed by atoms with van der Waals surface area (Å²) in [5, 5.41) is 10.1. The van der Waals surface area contributed by atoms with E-state index in [4.69, 9.17) is 4.74 Å². The number of nitrogens with zero attached hydrogens (tertiary/aromatic N) is 2. The lowest BCUT2D eigenvalue weighted by Gasteiger charge is -2.12. The van der Waals surface area contributed by atoms with Crippen LogP contribution in [0.25, 0.3) is 10.9 Å². The Bertz CT molecular complexity index is 937. The highest BCUT2D eigenvalue weighted by Crippen LogP contribution is 2.21. The quantitative estimate of drug-likeness (QED) is 0.729. The number of aromatic amines is 1. The molecule has 0 aliphatic heterocycles. The lowest BCUT2D eigenvalue weighted by atomic mass is 10.1. The average Bonchev–Trinajstić information content (AvgIpc) is 3.01. The SMILES string of the molecule is Cc1ccc2[nH]nc(C(=O)NCc3cccnc3OCC(F)(F)F)c2c1. The first kappa shape index (κ1) is 17.7. The molecule has 0 aliphatic rings. The molecule has 2 N–H and O–H groups in total. The number of alkyl halides is 3. The maximum Gasteiger partial charge on any atom is 0.422 e. The summed E-state index contributed by atoms with van der Waals surface area (Å²) in [6.45, 7) is 0.405. The highest BCUT2D eigenvalue weighted by molar-refractivity contribution is 6.04. The van der Waals surface area contributed by atoms with Gasteiger partial charge < -0.3 is 10.1 Å². The zero-order valence-corrected chi connectivity index (χ0v) is 13.7. The van der Waals surface area contributed by atoms with Gasteiger partial charge in [0.05, 0.1) is 5.52 Å². The van der Waals surface area contributed by atoms with Gasteiger partial charge in [0.15, 0.2) is 12.3 Å². The molecule has 0 saturated heterocycles. The summed E-state index contributed by atoms with van der Waals surface area (Å²) in [4.78, 5) is 16.2. The van der Waals surface area contributed by atoms with Gasteiger partial charge in [-0.2, -0.15) is 18.3 Å². The van der Waals surface area contributed by atoms with Crippen LogP contribution in [0.1, 0.15) is 21.6 Å². The molecule has 26 heavy (non-hydrogen) atoms. The largest absolute Gasteiger partial charge is 0.468 e. The van der Waals surface area contributed by atoms with Gasteiger partial charge >= 0.3 is 6.18 Å². The van der Waals surface area contributed by atoms with Crippen molar-refractivity contribution in [2.45, 2.75) is 19.6 Å². The van der Waals surface area contributed by atoms with Crippen molar-refractivity contribution in [1.29, 1.82) is 0 Å². The van der Waals surface area contributed by atoms with E-state index in [9.17, 15) is 18.0 Å². The van der Waals surface area contributed by atoms with Crippen molar-refractivity contribution in [3.8, 4) is 5.88 Å². The van der Waals surface area contributed by atoms with E-state index in [2.05, 4.69) is 20.5 Å². The van der Waals surface area contributed by atoms with E-state index in [1.165, 1.54) is 12.3 Å². The summed E-state index contributed by atoms with van der Waals surface area (Å²) in [6.07, 6.45) is -3.15. The number of amides is 1. The zero-order chi connectivity index (χ0) is 18.7. The van der Waals surface area contributed by atoms with Crippen LogP contribution in [0, 0.1) is 6.92 Å². The van der Waals surface area contributed by atoms with Crippen molar-refractivity contribution in [1.82, 2.24) is 20.5 Å². The van der Waals surface area contributed by atoms with E-state index >= 15 is 0 Å². The maximum atomic E-state index is 12.4. The number of aryl methyl sites for hydroxylation is 1. The van der Waals surface area contributed by atoms with E-state index < -0.39 is 18.7 Å². The number of carbonyl (C=O) groups is 1. The third kappa shape index (κ3) is 4.11. The smallest absolute Gasteiger partial charge is 0.422 e. The van der Waals surface area contributed by atoms with E-state index in [0.29, 0.717) is 10.9 Å². The van der Waals surface area contributed by atoms with Crippen LogP contribution in [0.2, 0.25) is 0 Å². The Kier molecular flexibility index (Phi) is 4.79. The molecule has 0 spiro atoms. The first-order chi connectivity index (χ1) is 12.3. The van der Waals surface area contributed by atoms with E-state index in [0.717, 1.165) is 11.1 Å². The van der Waals surface area contributed by atoms with E-state index in [1.54, 1.807) is 6.07 Å². The van der Waals surface area contributed by atoms with Crippen molar-refractivity contribution in [3.05, 3.63) is 53.3 Å². The molecule has 0 aliphatic carbocycles. The molecule has 1 aromatic carbocycles. The van der Waals surface area contributed by atoms with Crippen LogP contribution in [-0.4, -0.2) is 33.9 Å². The van der Waals surface area contributed by atoms with Gasteiger partial charge in [0.1, 0.15) is 0 Å². The van der Waals surface area contributed by atoms with Crippen LogP contribution in [0.5, 0.6) is 5.88 Å². The number of aromatic nitrogens is 3.